The van der Waals surface area contributed by atoms with Crippen molar-refractivity contribution in [2.75, 3.05) is 0 Å². The molecule has 1 atom stereocenters. The molecular weight excluding hydrogens is 506 g/mol. The average molecular weight is 523 g/mol. The molecule has 35 heavy (non-hydrogen) atoms. The molecule has 0 radical (unpaired) electrons. The second kappa shape index (κ2) is 10.1. The molecule has 0 fully saturated rings. The highest BCUT2D eigenvalue weighted by molar-refractivity contribution is 6.30. The molecular formula is C21H17ClF6N4O3. The lowest BCUT2D eigenvalue weighted by molar-refractivity contribution is -0.207. The van der Waals surface area contributed by atoms with E-state index in [-0.39, 0.29) is 17.0 Å². The van der Waals surface area contributed by atoms with Crippen LogP contribution in [-0.2, 0) is 30.6 Å². The summed E-state index contributed by atoms with van der Waals surface area (Å²) in [6.45, 7) is -2.50. The molecule has 2 aromatic carbocycles. The molecule has 0 aliphatic heterocycles. The zero-order chi connectivity index (χ0) is 26.0. The van der Waals surface area contributed by atoms with E-state index >= 15 is 0 Å². The topological polar surface area (TPSA) is 89.2 Å². The predicted octanol–water partition coefficient (Wildman–Crippen LogP) is 3.62. The highest BCUT2D eigenvalue weighted by Gasteiger charge is 2.39. The van der Waals surface area contributed by atoms with Gasteiger partial charge in [-0.2, -0.15) is 26.3 Å². The summed E-state index contributed by atoms with van der Waals surface area (Å²) in [6.07, 6.45) is -12.6. The van der Waals surface area contributed by atoms with E-state index in [4.69, 9.17) is 11.6 Å². The molecule has 1 aromatic heterocycles. The molecule has 0 aliphatic carbocycles. The van der Waals surface area contributed by atoms with Crippen LogP contribution in [0.2, 0.25) is 5.02 Å². The first-order valence-corrected chi connectivity index (χ1v) is 10.3. The van der Waals surface area contributed by atoms with Gasteiger partial charge in [0.05, 0.1) is 12.1 Å². The molecule has 1 amide bonds. The lowest BCUT2D eigenvalue weighted by atomic mass is 10.1. The third kappa shape index (κ3) is 6.42. The Labute approximate surface area is 198 Å². The number of nitrogens with zero attached hydrogens (tertiary/aromatic N) is 3. The molecule has 0 saturated heterocycles. The zero-order valence-corrected chi connectivity index (χ0v) is 18.3. The number of aromatic nitrogens is 3. The second-order valence-electron chi connectivity index (χ2n) is 7.37. The summed E-state index contributed by atoms with van der Waals surface area (Å²) in [4.78, 5) is 25.1. The number of amides is 1. The van der Waals surface area contributed by atoms with Crippen molar-refractivity contribution in [1.29, 1.82) is 0 Å². The molecule has 2 N–H and O–H groups in total. The molecule has 0 aliphatic rings. The maximum atomic E-state index is 13.1. The fourth-order valence-electron chi connectivity index (χ4n) is 3.13. The highest BCUT2D eigenvalue weighted by Crippen LogP contribution is 2.31. The van der Waals surface area contributed by atoms with E-state index in [1.807, 2.05) is 0 Å². The Morgan fingerprint density at radius 3 is 2.29 bits per heavy atom. The van der Waals surface area contributed by atoms with E-state index < -0.39 is 55.3 Å². The van der Waals surface area contributed by atoms with E-state index in [1.54, 1.807) is 0 Å². The SMILES string of the molecule is O=C(Cn1nc(-c2ccc(Cl)cc2)n(CC(O)C(F)(F)F)c1=O)NCc1ccccc1C(F)(F)F. The number of aliphatic hydroxyl groups excluding tert-OH is 1. The van der Waals surface area contributed by atoms with Crippen molar-refractivity contribution in [2.24, 2.45) is 0 Å². The van der Waals surface area contributed by atoms with E-state index in [0.29, 0.717) is 14.3 Å². The fraction of sp³-hybridized carbons (Fsp3) is 0.286. The largest absolute Gasteiger partial charge is 0.416 e. The van der Waals surface area contributed by atoms with Crippen LogP contribution < -0.4 is 11.0 Å². The van der Waals surface area contributed by atoms with Gasteiger partial charge in [-0.3, -0.25) is 9.36 Å². The number of benzene rings is 2. The van der Waals surface area contributed by atoms with Crippen molar-refractivity contribution in [3.8, 4) is 11.4 Å². The molecule has 0 bridgehead atoms. The summed E-state index contributed by atoms with van der Waals surface area (Å²) < 4.78 is 79.1. The molecule has 14 heteroatoms. The first-order valence-electron chi connectivity index (χ1n) is 9.87. The third-order valence-electron chi connectivity index (χ3n) is 4.85. The fourth-order valence-corrected chi connectivity index (χ4v) is 3.26. The van der Waals surface area contributed by atoms with E-state index in [1.165, 1.54) is 42.5 Å². The van der Waals surface area contributed by atoms with Gasteiger partial charge in [0, 0.05) is 17.1 Å². The Kier molecular flexibility index (Phi) is 7.60. The first kappa shape index (κ1) is 26.3. The first-order chi connectivity index (χ1) is 16.3. The van der Waals surface area contributed by atoms with Crippen LogP contribution in [-0.4, -0.2) is 37.6 Å². The van der Waals surface area contributed by atoms with Gasteiger partial charge in [0.25, 0.3) is 0 Å². The minimum absolute atomic E-state index is 0.180. The van der Waals surface area contributed by atoms with Crippen LogP contribution in [0.5, 0.6) is 0 Å². The molecule has 7 nitrogen and oxygen atoms in total. The number of carbonyl (C=O) groups is 1. The van der Waals surface area contributed by atoms with Gasteiger partial charge in [-0.25, -0.2) is 9.48 Å². The number of carbonyl (C=O) groups excluding carboxylic acids is 1. The summed E-state index contributed by atoms with van der Waals surface area (Å²) in [7, 11) is 0. The minimum Gasteiger partial charge on any atom is -0.382 e. The lowest BCUT2D eigenvalue weighted by Crippen LogP contribution is -2.38. The molecule has 188 valence electrons. The predicted molar refractivity (Wildman–Crippen MR) is 112 cm³/mol. The van der Waals surface area contributed by atoms with Crippen LogP contribution in [0.15, 0.2) is 53.3 Å². The average Bonchev–Trinajstić information content (AvgIpc) is 3.07. The van der Waals surface area contributed by atoms with Crippen molar-refractivity contribution in [3.05, 3.63) is 75.2 Å². The van der Waals surface area contributed by atoms with E-state index in [2.05, 4.69) is 10.4 Å². The Bertz CT molecular complexity index is 1250. The van der Waals surface area contributed by atoms with Crippen molar-refractivity contribution in [2.45, 2.75) is 38.1 Å². The summed E-state index contributed by atoms with van der Waals surface area (Å²) in [5.74, 6) is -1.18. The Morgan fingerprint density at radius 1 is 1.06 bits per heavy atom. The molecule has 3 rings (SSSR count). The van der Waals surface area contributed by atoms with Crippen molar-refractivity contribution < 1.29 is 36.2 Å². The van der Waals surface area contributed by atoms with Crippen LogP contribution in [0.4, 0.5) is 26.3 Å². The smallest absolute Gasteiger partial charge is 0.382 e. The second-order valence-corrected chi connectivity index (χ2v) is 7.81. The van der Waals surface area contributed by atoms with Crippen LogP contribution >= 0.6 is 11.6 Å². The molecule has 3 aromatic rings. The van der Waals surface area contributed by atoms with Crippen LogP contribution in [0.1, 0.15) is 11.1 Å². The Balaban J connectivity index is 1.86. The molecule has 1 unspecified atom stereocenters. The normalized spacial score (nSPS) is 13.0. The maximum absolute atomic E-state index is 13.1. The molecule has 0 spiro atoms. The highest BCUT2D eigenvalue weighted by atomic mass is 35.5. The Morgan fingerprint density at radius 2 is 1.69 bits per heavy atom. The number of alkyl halides is 6. The van der Waals surface area contributed by atoms with Crippen LogP contribution in [0, 0.1) is 0 Å². The van der Waals surface area contributed by atoms with Crippen LogP contribution in [0.25, 0.3) is 11.4 Å². The summed E-state index contributed by atoms with van der Waals surface area (Å²) in [5, 5.41) is 15.9. The van der Waals surface area contributed by atoms with E-state index in [9.17, 15) is 41.0 Å². The molecule has 0 saturated carbocycles. The van der Waals surface area contributed by atoms with Gasteiger partial charge in [-0.15, -0.1) is 5.10 Å². The van der Waals surface area contributed by atoms with Gasteiger partial charge in [-0.1, -0.05) is 29.8 Å². The van der Waals surface area contributed by atoms with Gasteiger partial charge < -0.3 is 10.4 Å². The third-order valence-corrected chi connectivity index (χ3v) is 5.10. The van der Waals surface area contributed by atoms with Crippen LogP contribution in [0.3, 0.4) is 0 Å². The maximum Gasteiger partial charge on any atom is 0.416 e. The number of hydrogen-bond donors (Lipinski definition) is 2. The summed E-state index contributed by atoms with van der Waals surface area (Å²) >= 11 is 5.81. The van der Waals surface area contributed by atoms with Crippen molar-refractivity contribution in [1.82, 2.24) is 19.7 Å². The van der Waals surface area contributed by atoms with Gasteiger partial charge >= 0.3 is 18.0 Å². The van der Waals surface area contributed by atoms with Gasteiger partial charge in [0.2, 0.25) is 5.91 Å². The van der Waals surface area contributed by atoms with Gasteiger partial charge in [0.1, 0.15) is 6.54 Å². The van der Waals surface area contributed by atoms with Gasteiger partial charge in [0.15, 0.2) is 11.9 Å². The summed E-state index contributed by atoms with van der Waals surface area (Å²) in [5.41, 5.74) is -2.13. The number of halogens is 7. The number of hydrogen-bond acceptors (Lipinski definition) is 4. The number of aliphatic hydroxyl groups is 1. The molecule has 1 heterocycles. The van der Waals surface area contributed by atoms with Gasteiger partial charge in [-0.05, 0) is 35.9 Å². The van der Waals surface area contributed by atoms with Crippen molar-refractivity contribution in [3.63, 3.8) is 0 Å². The number of nitrogens with one attached hydrogen (secondary N) is 1. The quantitative estimate of drug-likeness (QED) is 0.464. The zero-order valence-electron chi connectivity index (χ0n) is 17.6. The van der Waals surface area contributed by atoms with E-state index in [0.717, 1.165) is 6.07 Å². The number of rotatable bonds is 7. The Hall–Kier alpha value is -3.32. The summed E-state index contributed by atoms with van der Waals surface area (Å²) in [6, 6.07) is 10.1. The standard InChI is InChI=1S/C21H17ClF6N4O3/c22-14-7-5-12(6-8-14)18-30-32(19(35)31(18)10-16(33)21(26,27)28)11-17(34)29-9-13-3-1-2-4-15(13)20(23,24)25/h1-8,16,33H,9-11H2,(H,29,34). The monoisotopic (exact) mass is 522 g/mol. The lowest BCUT2D eigenvalue weighted by Gasteiger charge is -2.15. The minimum atomic E-state index is -5.03. The van der Waals surface area contributed by atoms with Crippen molar-refractivity contribution >= 4 is 17.5 Å².